The first kappa shape index (κ1) is 23.3. The van der Waals surface area contributed by atoms with Gasteiger partial charge in [0.25, 0.3) is 5.91 Å². The first-order valence-electron chi connectivity index (χ1n) is 11.6. The third kappa shape index (κ3) is 5.36. The highest BCUT2D eigenvalue weighted by Crippen LogP contribution is 2.33. The van der Waals surface area contributed by atoms with Crippen LogP contribution in [-0.4, -0.2) is 47.2 Å². The van der Waals surface area contributed by atoms with Gasteiger partial charge in [-0.15, -0.1) is 0 Å². The normalized spacial score (nSPS) is 19.5. The number of nitrogens with one attached hydrogen (secondary N) is 4. The topological polar surface area (TPSA) is 170 Å². The predicted molar refractivity (Wildman–Crippen MR) is 123 cm³/mol. The standard InChI is InChI=1S/C24H28N6O4/c25-12-15-3-1-5-17-16(15)11-20(28-17)24(34)30-19(9-13-6-7-13)23(33)29-18(21(26)31)10-14-4-2-8-27-22(14)32/h1,3,5,11,13-14,18-19,28H,2,4,6-10H2,(H2,26,31)(H,27,32)(H,29,33)(H,30,34). The zero-order valence-electron chi connectivity index (χ0n) is 18.7. The lowest BCUT2D eigenvalue weighted by Crippen LogP contribution is -2.54. The van der Waals surface area contributed by atoms with Gasteiger partial charge >= 0.3 is 0 Å². The number of primary amides is 1. The summed E-state index contributed by atoms with van der Waals surface area (Å²) < 4.78 is 0. The van der Waals surface area contributed by atoms with Crippen LogP contribution in [0, 0.1) is 23.2 Å². The Balaban J connectivity index is 1.46. The van der Waals surface area contributed by atoms with Crippen LogP contribution in [0.25, 0.3) is 10.9 Å². The van der Waals surface area contributed by atoms with Crippen molar-refractivity contribution >= 4 is 34.5 Å². The molecule has 10 nitrogen and oxygen atoms in total. The number of benzene rings is 1. The molecule has 1 aliphatic carbocycles. The monoisotopic (exact) mass is 464 g/mol. The highest BCUT2D eigenvalue weighted by Gasteiger charge is 2.34. The molecule has 2 aliphatic rings. The molecule has 178 valence electrons. The van der Waals surface area contributed by atoms with Crippen LogP contribution in [0.15, 0.2) is 24.3 Å². The van der Waals surface area contributed by atoms with E-state index in [4.69, 9.17) is 5.73 Å². The van der Waals surface area contributed by atoms with E-state index in [1.54, 1.807) is 24.3 Å². The summed E-state index contributed by atoms with van der Waals surface area (Å²) in [6, 6.07) is 6.97. The fraction of sp³-hybridized carbons (Fsp3) is 0.458. The Hall–Kier alpha value is -3.87. The number of aromatic amines is 1. The molecule has 0 bridgehead atoms. The second kappa shape index (κ2) is 9.95. The number of H-pyrrole nitrogens is 1. The van der Waals surface area contributed by atoms with Crippen LogP contribution in [0.2, 0.25) is 0 Å². The van der Waals surface area contributed by atoms with E-state index in [-0.39, 0.29) is 18.0 Å². The third-order valence-electron chi connectivity index (χ3n) is 6.50. The van der Waals surface area contributed by atoms with E-state index in [2.05, 4.69) is 27.0 Å². The number of hydrogen-bond acceptors (Lipinski definition) is 5. The molecular weight excluding hydrogens is 436 g/mol. The number of carbonyl (C=O) groups is 4. The summed E-state index contributed by atoms with van der Waals surface area (Å²) in [7, 11) is 0. The zero-order chi connectivity index (χ0) is 24.2. The Morgan fingerprint density at radius 1 is 1.15 bits per heavy atom. The molecule has 1 aliphatic heterocycles. The molecule has 1 saturated heterocycles. The molecule has 3 unspecified atom stereocenters. The van der Waals surface area contributed by atoms with Crippen molar-refractivity contribution in [2.75, 3.05) is 6.54 Å². The summed E-state index contributed by atoms with van der Waals surface area (Å²) in [5, 5.41) is 18.1. The van der Waals surface area contributed by atoms with Gasteiger partial charge in [0.2, 0.25) is 17.7 Å². The fourth-order valence-electron chi connectivity index (χ4n) is 4.39. The van der Waals surface area contributed by atoms with Gasteiger partial charge in [0.05, 0.1) is 11.6 Å². The smallest absolute Gasteiger partial charge is 0.268 e. The van der Waals surface area contributed by atoms with Crippen LogP contribution in [0.3, 0.4) is 0 Å². The van der Waals surface area contributed by atoms with E-state index in [1.165, 1.54) is 0 Å². The number of nitrogens with zero attached hydrogens (tertiary/aromatic N) is 1. The van der Waals surface area contributed by atoms with Crippen LogP contribution in [0.5, 0.6) is 0 Å². The van der Waals surface area contributed by atoms with Crippen molar-refractivity contribution in [3.8, 4) is 6.07 Å². The molecule has 1 saturated carbocycles. The molecule has 1 aromatic heterocycles. The zero-order valence-corrected chi connectivity index (χ0v) is 18.7. The van der Waals surface area contributed by atoms with Crippen molar-refractivity contribution in [2.45, 2.75) is 50.6 Å². The molecule has 0 spiro atoms. The highest BCUT2D eigenvalue weighted by molar-refractivity contribution is 6.01. The number of fused-ring (bicyclic) bond motifs is 1. The van der Waals surface area contributed by atoms with Crippen LogP contribution >= 0.6 is 0 Å². The van der Waals surface area contributed by atoms with E-state index < -0.39 is 35.7 Å². The molecular formula is C24H28N6O4. The molecule has 1 aromatic carbocycles. The van der Waals surface area contributed by atoms with E-state index in [9.17, 15) is 24.4 Å². The van der Waals surface area contributed by atoms with Gasteiger partial charge in [0, 0.05) is 23.4 Å². The Morgan fingerprint density at radius 3 is 2.62 bits per heavy atom. The van der Waals surface area contributed by atoms with Gasteiger partial charge in [0.15, 0.2) is 0 Å². The Kier molecular flexibility index (Phi) is 6.82. The van der Waals surface area contributed by atoms with Gasteiger partial charge in [-0.2, -0.15) is 5.26 Å². The molecule has 3 atom stereocenters. The number of amides is 4. The summed E-state index contributed by atoms with van der Waals surface area (Å²) >= 11 is 0. The van der Waals surface area contributed by atoms with Crippen molar-refractivity contribution in [2.24, 2.45) is 17.6 Å². The van der Waals surface area contributed by atoms with Gasteiger partial charge in [0.1, 0.15) is 17.8 Å². The first-order chi connectivity index (χ1) is 16.4. The van der Waals surface area contributed by atoms with E-state index >= 15 is 0 Å². The molecule has 2 fully saturated rings. The molecule has 4 rings (SSSR count). The molecule has 2 heterocycles. The fourth-order valence-corrected chi connectivity index (χ4v) is 4.39. The minimum atomic E-state index is -1.01. The maximum atomic E-state index is 13.1. The average molecular weight is 465 g/mol. The number of rotatable bonds is 9. The molecule has 34 heavy (non-hydrogen) atoms. The van der Waals surface area contributed by atoms with Gasteiger partial charge in [-0.3, -0.25) is 19.2 Å². The third-order valence-corrected chi connectivity index (χ3v) is 6.50. The lowest BCUT2D eigenvalue weighted by molar-refractivity contribution is -0.131. The van der Waals surface area contributed by atoms with E-state index in [0.29, 0.717) is 41.8 Å². The summed E-state index contributed by atoms with van der Waals surface area (Å²) in [6.45, 7) is 0.599. The van der Waals surface area contributed by atoms with Gasteiger partial charge < -0.3 is 26.7 Å². The molecule has 2 aromatic rings. The van der Waals surface area contributed by atoms with Crippen molar-refractivity contribution in [3.05, 3.63) is 35.5 Å². The van der Waals surface area contributed by atoms with Crippen molar-refractivity contribution in [3.63, 3.8) is 0 Å². The quantitative estimate of drug-likeness (QED) is 0.369. The maximum Gasteiger partial charge on any atom is 0.268 e. The number of aromatic nitrogens is 1. The number of hydrogen-bond donors (Lipinski definition) is 5. The molecule has 10 heteroatoms. The maximum absolute atomic E-state index is 13.1. The van der Waals surface area contributed by atoms with Crippen molar-refractivity contribution < 1.29 is 19.2 Å². The number of nitrogens with two attached hydrogens (primary N) is 1. The van der Waals surface area contributed by atoms with Crippen LogP contribution in [0.4, 0.5) is 0 Å². The molecule has 4 amide bonds. The lowest BCUT2D eigenvalue weighted by atomic mass is 9.91. The summed E-state index contributed by atoms with van der Waals surface area (Å²) in [6.07, 6.45) is 3.93. The first-order valence-corrected chi connectivity index (χ1v) is 11.6. The van der Waals surface area contributed by atoms with E-state index in [1.807, 2.05) is 0 Å². The predicted octanol–water partition coefficient (Wildman–Crippen LogP) is 0.824. The number of carbonyl (C=O) groups excluding carboxylic acids is 4. The van der Waals surface area contributed by atoms with Crippen molar-refractivity contribution in [1.29, 1.82) is 5.26 Å². The Bertz CT molecular complexity index is 1160. The van der Waals surface area contributed by atoms with Gasteiger partial charge in [-0.25, -0.2) is 0 Å². The summed E-state index contributed by atoms with van der Waals surface area (Å²) in [5.74, 6) is -1.94. The van der Waals surface area contributed by atoms with Gasteiger partial charge in [-0.05, 0) is 49.8 Å². The number of nitriles is 1. The van der Waals surface area contributed by atoms with E-state index in [0.717, 1.165) is 19.3 Å². The van der Waals surface area contributed by atoms with Crippen LogP contribution in [-0.2, 0) is 14.4 Å². The lowest BCUT2D eigenvalue weighted by Gasteiger charge is -2.27. The second-order valence-corrected chi connectivity index (χ2v) is 9.10. The summed E-state index contributed by atoms with van der Waals surface area (Å²) in [5.41, 5.74) is 6.84. The largest absolute Gasteiger partial charge is 0.368 e. The Labute approximate surface area is 196 Å². The SMILES string of the molecule is N#Cc1cccc2[nH]c(C(=O)NC(CC3CC3)C(=O)NC(CC3CCCNC3=O)C(N)=O)cc12. The minimum absolute atomic E-state index is 0.121. The molecule has 6 N–H and O–H groups in total. The summed E-state index contributed by atoms with van der Waals surface area (Å²) in [4.78, 5) is 53.2. The van der Waals surface area contributed by atoms with Crippen LogP contribution in [0.1, 0.15) is 54.6 Å². The average Bonchev–Trinajstić information content (AvgIpc) is 3.52. The second-order valence-electron chi connectivity index (χ2n) is 9.10. The van der Waals surface area contributed by atoms with Crippen LogP contribution < -0.4 is 21.7 Å². The highest BCUT2D eigenvalue weighted by atomic mass is 16.2. The Morgan fingerprint density at radius 2 is 1.94 bits per heavy atom. The number of piperidine rings is 1. The minimum Gasteiger partial charge on any atom is -0.368 e. The molecule has 0 radical (unpaired) electrons. The van der Waals surface area contributed by atoms with Gasteiger partial charge in [-0.1, -0.05) is 18.9 Å². The van der Waals surface area contributed by atoms with Crippen molar-refractivity contribution in [1.82, 2.24) is 20.9 Å².